The van der Waals surface area contributed by atoms with E-state index in [0.717, 1.165) is 11.1 Å². The van der Waals surface area contributed by atoms with Gasteiger partial charge in [0, 0.05) is 17.4 Å². The number of pyridine rings is 1. The first-order valence-electron chi connectivity index (χ1n) is 9.35. The van der Waals surface area contributed by atoms with Crippen LogP contribution in [0.2, 0.25) is 0 Å². The second-order valence-corrected chi connectivity index (χ2v) is 6.64. The van der Waals surface area contributed by atoms with Gasteiger partial charge in [-0.1, -0.05) is 18.2 Å². The molecule has 1 aromatic heterocycles. The minimum atomic E-state index is -0.418. The highest BCUT2D eigenvalue weighted by Gasteiger charge is 2.14. The zero-order chi connectivity index (χ0) is 20.8. The molecule has 0 spiro atoms. The Morgan fingerprint density at radius 3 is 2.38 bits per heavy atom. The zero-order valence-electron chi connectivity index (χ0n) is 16.7. The topological polar surface area (TPSA) is 80.3 Å². The van der Waals surface area contributed by atoms with Gasteiger partial charge in [-0.2, -0.15) is 0 Å². The van der Waals surface area contributed by atoms with Crippen molar-refractivity contribution < 1.29 is 14.3 Å². The molecule has 0 radical (unpaired) electrons. The van der Waals surface area contributed by atoms with E-state index in [9.17, 15) is 9.59 Å². The Kier molecular flexibility index (Phi) is 6.24. The quantitative estimate of drug-likeness (QED) is 0.646. The smallest absolute Gasteiger partial charge is 0.274 e. The summed E-state index contributed by atoms with van der Waals surface area (Å²) in [4.78, 5) is 29.3. The predicted octanol–water partition coefficient (Wildman–Crippen LogP) is 4.60. The van der Waals surface area contributed by atoms with Crippen LogP contribution in [0.3, 0.4) is 0 Å². The van der Waals surface area contributed by atoms with Crippen LogP contribution in [0.5, 0.6) is 5.75 Å². The van der Waals surface area contributed by atoms with Crippen molar-refractivity contribution in [2.45, 2.75) is 20.8 Å². The zero-order valence-corrected chi connectivity index (χ0v) is 16.7. The van der Waals surface area contributed by atoms with E-state index >= 15 is 0 Å². The van der Waals surface area contributed by atoms with Gasteiger partial charge < -0.3 is 15.4 Å². The largest absolute Gasteiger partial charge is 0.492 e. The Balaban J connectivity index is 1.76. The van der Waals surface area contributed by atoms with Gasteiger partial charge in [0.15, 0.2) is 0 Å². The van der Waals surface area contributed by atoms with Crippen LogP contribution in [0.15, 0.2) is 60.8 Å². The molecule has 6 nitrogen and oxygen atoms in total. The molecule has 0 aliphatic carbocycles. The fourth-order valence-corrected chi connectivity index (χ4v) is 2.98. The average Bonchev–Trinajstić information content (AvgIpc) is 2.69. The molecule has 6 heteroatoms. The molecule has 148 valence electrons. The molecule has 2 N–H and O–H groups in total. The highest BCUT2D eigenvalue weighted by molar-refractivity contribution is 6.08. The molecule has 2 amide bonds. The first kappa shape index (κ1) is 20.1. The van der Waals surface area contributed by atoms with Crippen LogP contribution in [-0.2, 0) is 0 Å². The van der Waals surface area contributed by atoms with E-state index < -0.39 is 5.91 Å². The van der Waals surface area contributed by atoms with Crippen LogP contribution < -0.4 is 15.4 Å². The third-order valence-corrected chi connectivity index (χ3v) is 4.17. The minimum Gasteiger partial charge on any atom is -0.492 e. The summed E-state index contributed by atoms with van der Waals surface area (Å²) in [6.45, 7) is 6.30. The molecule has 0 bridgehead atoms. The number of amides is 2. The molecule has 0 fully saturated rings. The highest BCUT2D eigenvalue weighted by Crippen LogP contribution is 2.24. The third kappa shape index (κ3) is 5.19. The van der Waals surface area contributed by atoms with Gasteiger partial charge >= 0.3 is 0 Å². The molecule has 0 saturated carbocycles. The van der Waals surface area contributed by atoms with Crippen LogP contribution >= 0.6 is 0 Å². The second kappa shape index (κ2) is 9.01. The molecule has 0 unspecified atom stereocenters. The number of rotatable bonds is 6. The molecule has 0 atom stereocenters. The normalized spacial score (nSPS) is 10.3. The van der Waals surface area contributed by atoms with Crippen LogP contribution in [0, 0.1) is 13.8 Å². The number of ether oxygens (including phenoxy) is 1. The number of nitrogens with zero attached hydrogens (tertiary/aromatic N) is 1. The highest BCUT2D eigenvalue weighted by atomic mass is 16.5. The minimum absolute atomic E-state index is 0.143. The van der Waals surface area contributed by atoms with Gasteiger partial charge in [-0.15, -0.1) is 0 Å². The van der Waals surface area contributed by atoms with Crippen molar-refractivity contribution in [1.29, 1.82) is 0 Å². The number of hydrogen-bond acceptors (Lipinski definition) is 4. The van der Waals surface area contributed by atoms with Gasteiger partial charge in [0.05, 0.1) is 12.3 Å². The third-order valence-electron chi connectivity index (χ3n) is 4.17. The number of benzene rings is 2. The van der Waals surface area contributed by atoms with Crippen molar-refractivity contribution >= 4 is 23.2 Å². The number of nitrogens with one attached hydrogen (secondary N) is 2. The Labute approximate surface area is 169 Å². The van der Waals surface area contributed by atoms with Crippen molar-refractivity contribution in [3.63, 3.8) is 0 Å². The lowest BCUT2D eigenvalue weighted by atomic mass is 10.1. The van der Waals surface area contributed by atoms with Crippen LogP contribution in [-0.4, -0.2) is 23.4 Å². The summed E-state index contributed by atoms with van der Waals surface area (Å²) in [5, 5.41) is 5.65. The number of aryl methyl sites for hydroxylation is 2. The molecule has 0 aliphatic heterocycles. The van der Waals surface area contributed by atoms with Crippen molar-refractivity contribution in [3.05, 3.63) is 83.2 Å². The molecule has 0 aliphatic rings. The molecule has 0 saturated heterocycles. The van der Waals surface area contributed by atoms with Crippen LogP contribution in [0.1, 0.15) is 38.9 Å². The average molecular weight is 389 g/mol. The maximum atomic E-state index is 12.6. The Hall–Kier alpha value is -3.67. The van der Waals surface area contributed by atoms with Crippen molar-refractivity contribution in [1.82, 2.24) is 4.98 Å². The summed E-state index contributed by atoms with van der Waals surface area (Å²) in [6.07, 6.45) is 1.44. The maximum Gasteiger partial charge on any atom is 0.274 e. The Morgan fingerprint density at radius 1 is 0.931 bits per heavy atom. The molecule has 2 aromatic carbocycles. The lowest BCUT2D eigenvalue weighted by molar-refractivity contribution is 0.102. The van der Waals surface area contributed by atoms with E-state index in [2.05, 4.69) is 15.6 Å². The number of para-hydroxylation sites is 2. The summed E-state index contributed by atoms with van der Waals surface area (Å²) in [5.41, 5.74) is 3.87. The lowest BCUT2D eigenvalue weighted by Crippen LogP contribution is -2.17. The van der Waals surface area contributed by atoms with Gasteiger partial charge in [-0.3, -0.25) is 14.6 Å². The summed E-state index contributed by atoms with van der Waals surface area (Å²) in [5.74, 6) is -0.147. The van der Waals surface area contributed by atoms with Crippen molar-refractivity contribution in [2.75, 3.05) is 17.2 Å². The summed E-state index contributed by atoms with van der Waals surface area (Å²) < 4.78 is 5.52. The Morgan fingerprint density at radius 2 is 1.66 bits per heavy atom. The fraction of sp³-hybridized carbons (Fsp3) is 0.174. The van der Waals surface area contributed by atoms with Crippen LogP contribution in [0.25, 0.3) is 0 Å². The van der Waals surface area contributed by atoms with Gasteiger partial charge in [-0.25, -0.2) is 0 Å². The van der Waals surface area contributed by atoms with E-state index in [1.54, 1.807) is 24.3 Å². The number of hydrogen-bond donors (Lipinski definition) is 2. The van der Waals surface area contributed by atoms with Gasteiger partial charge in [0.2, 0.25) is 0 Å². The Bertz CT molecular complexity index is 1030. The monoisotopic (exact) mass is 389 g/mol. The maximum absolute atomic E-state index is 12.6. The molecule has 29 heavy (non-hydrogen) atoms. The standard InChI is InChI=1S/C23H23N3O3/c1-4-29-21-8-6-5-7-19(21)26-23(28)20-14-17(9-10-24-20)22(27)25-18-12-15(2)11-16(3)13-18/h5-14H,4H2,1-3H3,(H,25,27)(H,26,28). The predicted molar refractivity (Wildman–Crippen MR) is 114 cm³/mol. The van der Waals surface area contributed by atoms with Crippen molar-refractivity contribution in [2.24, 2.45) is 0 Å². The number of aromatic nitrogens is 1. The number of carbonyl (C=O) groups is 2. The second-order valence-electron chi connectivity index (χ2n) is 6.64. The lowest BCUT2D eigenvalue weighted by Gasteiger charge is -2.11. The van der Waals surface area contributed by atoms with E-state index in [0.29, 0.717) is 29.3 Å². The van der Waals surface area contributed by atoms with Gasteiger partial charge in [0.1, 0.15) is 11.4 Å². The SMILES string of the molecule is CCOc1ccccc1NC(=O)c1cc(C(=O)Nc2cc(C)cc(C)c2)ccn1. The van der Waals surface area contributed by atoms with Gasteiger partial charge in [-0.05, 0) is 68.3 Å². The van der Waals surface area contributed by atoms with Gasteiger partial charge in [0.25, 0.3) is 11.8 Å². The number of anilines is 2. The first-order valence-corrected chi connectivity index (χ1v) is 9.35. The van der Waals surface area contributed by atoms with Crippen molar-refractivity contribution in [3.8, 4) is 5.75 Å². The summed E-state index contributed by atoms with van der Waals surface area (Å²) in [6, 6.07) is 16.0. The molecular weight excluding hydrogens is 366 g/mol. The van der Waals surface area contributed by atoms with Crippen LogP contribution in [0.4, 0.5) is 11.4 Å². The number of carbonyl (C=O) groups excluding carboxylic acids is 2. The van der Waals surface area contributed by atoms with E-state index in [1.165, 1.54) is 12.3 Å². The van der Waals surface area contributed by atoms with E-state index in [-0.39, 0.29) is 11.6 Å². The fourth-order valence-electron chi connectivity index (χ4n) is 2.98. The van der Waals surface area contributed by atoms with E-state index in [1.807, 2.05) is 45.0 Å². The first-order chi connectivity index (χ1) is 14.0. The molecule has 3 rings (SSSR count). The molecule has 3 aromatic rings. The summed E-state index contributed by atoms with van der Waals surface area (Å²) in [7, 11) is 0. The van der Waals surface area contributed by atoms with E-state index in [4.69, 9.17) is 4.74 Å². The molecular formula is C23H23N3O3. The molecule has 1 heterocycles. The summed E-state index contributed by atoms with van der Waals surface area (Å²) >= 11 is 0.